The number of fused-ring (bicyclic) bond motifs is 1. The molecule has 3 rings (SSSR count). The number of nitrogens with two attached hydrogens (primary N) is 1. The van der Waals surface area contributed by atoms with Crippen molar-refractivity contribution in [1.82, 2.24) is 9.80 Å². The Hall–Kier alpha value is -1.62. The maximum Gasteiger partial charge on any atom is 0.222 e. The number of rotatable bonds is 2. The highest BCUT2D eigenvalue weighted by atomic mass is 19.1. The average molecular weight is 263 g/mol. The zero-order valence-corrected chi connectivity index (χ0v) is 10.8. The Morgan fingerprint density at radius 1 is 1.37 bits per heavy atom. The number of hydrogen-bond acceptors (Lipinski definition) is 3. The number of carbonyl (C=O) groups excluding carboxylic acids is 1. The molecule has 1 aromatic carbocycles. The van der Waals surface area contributed by atoms with Crippen LogP contribution in [0.4, 0.5) is 10.1 Å². The molecule has 0 radical (unpaired) electrons. The van der Waals surface area contributed by atoms with Gasteiger partial charge < -0.3 is 10.6 Å². The van der Waals surface area contributed by atoms with Crippen LogP contribution in [0.15, 0.2) is 18.2 Å². The topological polar surface area (TPSA) is 49.6 Å². The summed E-state index contributed by atoms with van der Waals surface area (Å²) in [6.45, 7) is 3.01. The van der Waals surface area contributed by atoms with Crippen LogP contribution in [-0.4, -0.2) is 41.4 Å². The Balaban J connectivity index is 1.66. The second kappa shape index (κ2) is 4.81. The van der Waals surface area contributed by atoms with Crippen LogP contribution in [0.5, 0.6) is 0 Å². The fourth-order valence-electron chi connectivity index (χ4n) is 3.01. The molecule has 0 aromatic heterocycles. The minimum absolute atomic E-state index is 0.245. The van der Waals surface area contributed by atoms with E-state index in [0.717, 1.165) is 26.1 Å². The molecule has 1 atom stereocenters. The SMILES string of the molecule is Nc1ccc(CN2CCN3C(=O)CCC3C2)c(F)c1. The van der Waals surface area contributed by atoms with E-state index in [9.17, 15) is 9.18 Å². The van der Waals surface area contributed by atoms with Crippen LogP contribution < -0.4 is 5.73 Å². The second-order valence-corrected chi connectivity index (χ2v) is 5.37. The first-order valence-corrected chi connectivity index (χ1v) is 6.69. The number of halogens is 1. The number of benzene rings is 1. The summed E-state index contributed by atoms with van der Waals surface area (Å²) >= 11 is 0. The van der Waals surface area contributed by atoms with E-state index in [-0.39, 0.29) is 11.7 Å². The quantitative estimate of drug-likeness (QED) is 0.816. The summed E-state index contributed by atoms with van der Waals surface area (Å²) in [5.41, 5.74) is 6.67. The molecular formula is C14H18FN3O. The highest BCUT2D eigenvalue weighted by molar-refractivity contribution is 5.78. The van der Waals surface area contributed by atoms with E-state index in [4.69, 9.17) is 5.73 Å². The fraction of sp³-hybridized carbons (Fsp3) is 0.500. The molecule has 0 bridgehead atoms. The molecule has 1 unspecified atom stereocenters. The van der Waals surface area contributed by atoms with Crippen molar-refractivity contribution in [2.24, 2.45) is 0 Å². The predicted octanol–water partition coefficient (Wildman–Crippen LogP) is 1.21. The number of hydrogen-bond donors (Lipinski definition) is 1. The number of piperazine rings is 1. The second-order valence-electron chi connectivity index (χ2n) is 5.37. The van der Waals surface area contributed by atoms with Crippen LogP contribution in [0.1, 0.15) is 18.4 Å². The molecule has 2 aliphatic rings. The number of carbonyl (C=O) groups is 1. The number of nitrogen functional groups attached to an aromatic ring is 1. The first-order valence-electron chi connectivity index (χ1n) is 6.69. The number of amides is 1. The van der Waals surface area contributed by atoms with Crippen LogP contribution >= 0.6 is 0 Å². The first kappa shape index (κ1) is 12.4. The summed E-state index contributed by atoms with van der Waals surface area (Å²) in [6.07, 6.45) is 1.59. The summed E-state index contributed by atoms with van der Waals surface area (Å²) in [4.78, 5) is 15.8. The lowest BCUT2D eigenvalue weighted by molar-refractivity contribution is -0.130. The molecular weight excluding hydrogens is 245 g/mol. The summed E-state index contributed by atoms with van der Waals surface area (Å²) in [7, 11) is 0. The third kappa shape index (κ3) is 2.42. The lowest BCUT2D eigenvalue weighted by atomic mass is 10.1. The van der Waals surface area contributed by atoms with Crippen molar-refractivity contribution >= 4 is 11.6 Å². The van der Waals surface area contributed by atoms with Crippen LogP contribution in [0.3, 0.4) is 0 Å². The first-order chi connectivity index (χ1) is 9.13. The van der Waals surface area contributed by atoms with Gasteiger partial charge in [-0.1, -0.05) is 6.07 Å². The molecule has 1 aromatic rings. The average Bonchev–Trinajstić information content (AvgIpc) is 2.74. The molecule has 0 spiro atoms. The summed E-state index contributed by atoms with van der Waals surface area (Å²) in [6, 6.07) is 5.16. The van der Waals surface area contributed by atoms with Crippen LogP contribution in [0, 0.1) is 5.82 Å². The predicted molar refractivity (Wildman–Crippen MR) is 70.8 cm³/mol. The molecule has 2 N–H and O–H groups in total. The number of anilines is 1. The Morgan fingerprint density at radius 2 is 2.21 bits per heavy atom. The summed E-state index contributed by atoms with van der Waals surface area (Å²) in [5, 5.41) is 0. The molecule has 2 heterocycles. The Morgan fingerprint density at radius 3 is 3.00 bits per heavy atom. The Bertz CT molecular complexity index is 505. The summed E-state index contributed by atoms with van der Waals surface area (Å²) < 4.78 is 13.8. The van der Waals surface area contributed by atoms with E-state index in [0.29, 0.717) is 30.3 Å². The smallest absolute Gasteiger partial charge is 0.222 e. The number of nitrogens with zero attached hydrogens (tertiary/aromatic N) is 2. The fourth-order valence-corrected chi connectivity index (χ4v) is 3.01. The van der Waals surface area contributed by atoms with Gasteiger partial charge in [-0.05, 0) is 18.6 Å². The van der Waals surface area contributed by atoms with Crippen LogP contribution in [0.2, 0.25) is 0 Å². The largest absolute Gasteiger partial charge is 0.399 e. The molecule has 2 saturated heterocycles. The molecule has 1 amide bonds. The van der Waals surface area contributed by atoms with Crippen LogP contribution in [-0.2, 0) is 11.3 Å². The van der Waals surface area contributed by atoms with Gasteiger partial charge in [0.15, 0.2) is 0 Å². The minimum Gasteiger partial charge on any atom is -0.399 e. The third-order valence-electron chi connectivity index (χ3n) is 4.05. The van der Waals surface area contributed by atoms with Gasteiger partial charge in [-0.25, -0.2) is 4.39 Å². The molecule has 2 fully saturated rings. The van der Waals surface area contributed by atoms with Gasteiger partial charge in [0.1, 0.15) is 5.82 Å². The maximum atomic E-state index is 13.8. The van der Waals surface area contributed by atoms with E-state index in [1.165, 1.54) is 6.07 Å². The molecule has 0 saturated carbocycles. The lowest BCUT2D eigenvalue weighted by Crippen LogP contribution is -2.51. The van der Waals surface area contributed by atoms with E-state index in [2.05, 4.69) is 4.90 Å². The van der Waals surface area contributed by atoms with Gasteiger partial charge in [0, 0.05) is 49.9 Å². The van der Waals surface area contributed by atoms with Crippen molar-refractivity contribution in [2.45, 2.75) is 25.4 Å². The lowest BCUT2D eigenvalue weighted by Gasteiger charge is -2.37. The van der Waals surface area contributed by atoms with Gasteiger partial charge in [0.25, 0.3) is 0 Å². The molecule has 5 heteroatoms. The van der Waals surface area contributed by atoms with Gasteiger partial charge in [-0.2, -0.15) is 0 Å². The summed E-state index contributed by atoms with van der Waals surface area (Å²) in [5.74, 6) is 0.0215. The van der Waals surface area contributed by atoms with E-state index in [1.807, 2.05) is 4.90 Å². The van der Waals surface area contributed by atoms with Gasteiger partial charge in [0.05, 0.1) is 0 Å². The zero-order valence-electron chi connectivity index (χ0n) is 10.8. The Labute approximate surface area is 112 Å². The van der Waals surface area contributed by atoms with Gasteiger partial charge in [-0.3, -0.25) is 9.69 Å². The molecule has 4 nitrogen and oxygen atoms in total. The van der Waals surface area contributed by atoms with Crippen molar-refractivity contribution in [3.8, 4) is 0 Å². The van der Waals surface area contributed by atoms with Crippen molar-refractivity contribution in [2.75, 3.05) is 25.4 Å². The monoisotopic (exact) mass is 263 g/mol. The Kier molecular flexibility index (Phi) is 3.14. The third-order valence-corrected chi connectivity index (χ3v) is 4.05. The van der Waals surface area contributed by atoms with Gasteiger partial charge >= 0.3 is 0 Å². The van der Waals surface area contributed by atoms with E-state index in [1.54, 1.807) is 12.1 Å². The van der Waals surface area contributed by atoms with E-state index >= 15 is 0 Å². The standard InChI is InChI=1S/C14H18FN3O/c15-13-7-11(16)2-1-10(13)8-17-5-6-18-12(9-17)3-4-14(18)19/h1-2,7,12H,3-6,8-9,16H2. The molecule has 19 heavy (non-hydrogen) atoms. The minimum atomic E-state index is -0.245. The zero-order chi connectivity index (χ0) is 13.4. The van der Waals surface area contributed by atoms with Crippen molar-refractivity contribution in [3.63, 3.8) is 0 Å². The van der Waals surface area contributed by atoms with Crippen molar-refractivity contribution < 1.29 is 9.18 Å². The maximum absolute atomic E-state index is 13.8. The van der Waals surface area contributed by atoms with Crippen LogP contribution in [0.25, 0.3) is 0 Å². The van der Waals surface area contributed by atoms with Crippen molar-refractivity contribution in [1.29, 1.82) is 0 Å². The molecule has 0 aliphatic carbocycles. The van der Waals surface area contributed by atoms with Gasteiger partial charge in [-0.15, -0.1) is 0 Å². The van der Waals surface area contributed by atoms with E-state index < -0.39 is 0 Å². The highest BCUT2D eigenvalue weighted by Crippen LogP contribution is 2.24. The highest BCUT2D eigenvalue weighted by Gasteiger charge is 2.35. The van der Waals surface area contributed by atoms with Gasteiger partial charge in [0.2, 0.25) is 5.91 Å². The normalized spacial score (nSPS) is 23.7. The molecule has 2 aliphatic heterocycles. The van der Waals surface area contributed by atoms with Crippen molar-refractivity contribution in [3.05, 3.63) is 29.6 Å². The molecule has 102 valence electrons.